The minimum atomic E-state index is -4.60. The van der Waals surface area contributed by atoms with Crippen LogP contribution in [0.25, 0.3) is 0 Å². The molecule has 0 aliphatic carbocycles. The van der Waals surface area contributed by atoms with Crippen LogP contribution in [0.15, 0.2) is 24.3 Å². The molecule has 138 valence electrons. The van der Waals surface area contributed by atoms with Crippen LogP contribution in [-0.4, -0.2) is 39.9 Å². The van der Waals surface area contributed by atoms with Crippen LogP contribution in [0.5, 0.6) is 0 Å². The molecule has 1 aliphatic rings. The van der Waals surface area contributed by atoms with Gasteiger partial charge in [-0.25, -0.2) is 4.79 Å². The topological polar surface area (TPSA) is 78.9 Å². The lowest BCUT2D eigenvalue weighted by Gasteiger charge is -2.34. The number of carbonyl (C=O) groups excluding carboxylic acids is 2. The Hall–Kier alpha value is -2.29. The molecule has 2 N–H and O–H groups in total. The first-order valence-corrected chi connectivity index (χ1v) is 7.55. The first-order valence-electron chi connectivity index (χ1n) is 7.55. The van der Waals surface area contributed by atoms with Gasteiger partial charge in [0.05, 0.1) is 11.3 Å². The van der Waals surface area contributed by atoms with Crippen molar-refractivity contribution < 1.29 is 32.6 Å². The quantitative estimate of drug-likeness (QED) is 0.865. The molecule has 9 heteroatoms. The second-order valence-electron chi connectivity index (χ2n) is 6.39. The second-order valence-corrected chi connectivity index (χ2v) is 6.39. The fraction of sp³-hybridized carbons (Fsp3) is 0.500. The van der Waals surface area contributed by atoms with Crippen LogP contribution in [0.4, 0.5) is 23.7 Å². The Bertz CT molecular complexity index is 686. The van der Waals surface area contributed by atoms with Gasteiger partial charge in [0.2, 0.25) is 5.91 Å². The number of benzene rings is 1. The van der Waals surface area contributed by atoms with Crippen molar-refractivity contribution in [2.75, 3.05) is 11.9 Å². The summed E-state index contributed by atoms with van der Waals surface area (Å²) in [4.78, 5) is 24.8. The fourth-order valence-electron chi connectivity index (χ4n) is 2.45. The summed E-state index contributed by atoms with van der Waals surface area (Å²) in [5, 5.41) is 12.6. The highest BCUT2D eigenvalue weighted by atomic mass is 19.4. The number of alkyl halides is 3. The molecule has 1 aromatic rings. The standard InChI is InChI=1S/C16H19F3N2O4/c1-14(2)15(3,24)21(13(23)25-14)9-8-12(22)20-11-7-5-4-6-10(11)16(17,18)19/h4-7,24H,8-9H2,1-3H3,(H,20,22)/t15-/m0/s1. The third-order valence-electron chi connectivity index (χ3n) is 4.30. The van der Waals surface area contributed by atoms with Crippen molar-refractivity contribution in [1.29, 1.82) is 0 Å². The number of halogens is 3. The molecule has 2 amide bonds. The number of ether oxygens (including phenoxy) is 1. The van der Waals surface area contributed by atoms with Crippen LogP contribution < -0.4 is 5.32 Å². The van der Waals surface area contributed by atoms with E-state index in [4.69, 9.17) is 4.74 Å². The van der Waals surface area contributed by atoms with E-state index in [0.29, 0.717) is 0 Å². The Kier molecular flexibility index (Phi) is 4.73. The van der Waals surface area contributed by atoms with E-state index in [1.807, 2.05) is 0 Å². The SMILES string of the molecule is CC1(C)OC(=O)N(CCC(=O)Nc2ccccc2C(F)(F)F)[C@@]1(C)O. The molecule has 0 spiro atoms. The maximum absolute atomic E-state index is 12.9. The molecule has 25 heavy (non-hydrogen) atoms. The van der Waals surface area contributed by atoms with Crippen molar-refractivity contribution in [1.82, 2.24) is 4.90 Å². The number of rotatable bonds is 4. The normalized spacial score (nSPS) is 22.7. The number of amides is 2. The van der Waals surface area contributed by atoms with Crippen molar-refractivity contribution in [3.63, 3.8) is 0 Å². The summed E-state index contributed by atoms with van der Waals surface area (Å²) in [5.41, 5.74) is -4.15. The molecule has 2 rings (SSSR count). The van der Waals surface area contributed by atoms with Crippen LogP contribution >= 0.6 is 0 Å². The third-order valence-corrected chi connectivity index (χ3v) is 4.30. The van der Waals surface area contributed by atoms with E-state index in [9.17, 15) is 27.9 Å². The third kappa shape index (κ3) is 3.71. The smallest absolute Gasteiger partial charge is 0.418 e. The molecule has 1 saturated heterocycles. The van der Waals surface area contributed by atoms with E-state index in [1.165, 1.54) is 32.9 Å². The van der Waals surface area contributed by atoms with Crippen molar-refractivity contribution in [3.8, 4) is 0 Å². The Labute approximate surface area is 142 Å². The van der Waals surface area contributed by atoms with Gasteiger partial charge in [0.1, 0.15) is 0 Å². The second kappa shape index (κ2) is 6.21. The number of cyclic esters (lactones) is 1. The van der Waals surface area contributed by atoms with Gasteiger partial charge in [0, 0.05) is 13.0 Å². The molecular formula is C16H19F3N2O4. The number of nitrogens with zero attached hydrogens (tertiary/aromatic N) is 1. The summed E-state index contributed by atoms with van der Waals surface area (Å²) >= 11 is 0. The number of anilines is 1. The minimum absolute atomic E-state index is 0.199. The number of nitrogens with one attached hydrogen (secondary N) is 1. The van der Waals surface area contributed by atoms with Gasteiger partial charge < -0.3 is 15.2 Å². The average Bonchev–Trinajstić information content (AvgIpc) is 2.60. The number of carbonyl (C=O) groups is 2. The molecule has 6 nitrogen and oxygen atoms in total. The summed E-state index contributed by atoms with van der Waals surface area (Å²) in [6.45, 7) is 4.21. The lowest BCUT2D eigenvalue weighted by Crippen LogP contribution is -2.54. The fourth-order valence-corrected chi connectivity index (χ4v) is 2.45. The summed E-state index contributed by atoms with van der Waals surface area (Å²) in [7, 11) is 0. The van der Waals surface area contributed by atoms with Crippen molar-refractivity contribution in [3.05, 3.63) is 29.8 Å². The van der Waals surface area contributed by atoms with Crippen LogP contribution in [-0.2, 0) is 15.7 Å². The van der Waals surface area contributed by atoms with Gasteiger partial charge in [-0.1, -0.05) is 12.1 Å². The van der Waals surface area contributed by atoms with Crippen LogP contribution in [0.2, 0.25) is 0 Å². The molecule has 1 atom stereocenters. The van der Waals surface area contributed by atoms with Gasteiger partial charge in [0.25, 0.3) is 0 Å². The summed E-state index contributed by atoms with van der Waals surface area (Å²) in [6.07, 6.45) is -5.69. The maximum atomic E-state index is 12.9. The highest BCUT2D eigenvalue weighted by Crippen LogP contribution is 2.37. The number of para-hydroxylation sites is 1. The van der Waals surface area contributed by atoms with E-state index in [0.717, 1.165) is 17.0 Å². The van der Waals surface area contributed by atoms with E-state index in [2.05, 4.69) is 5.32 Å². The summed E-state index contributed by atoms with van der Waals surface area (Å²) in [5.74, 6) is -0.718. The van der Waals surface area contributed by atoms with Crippen LogP contribution in [0, 0.1) is 0 Å². The molecule has 0 saturated carbocycles. The van der Waals surface area contributed by atoms with Gasteiger partial charge in [-0.2, -0.15) is 13.2 Å². The molecule has 0 radical (unpaired) electrons. The zero-order valence-corrected chi connectivity index (χ0v) is 14.0. The molecule has 1 heterocycles. The monoisotopic (exact) mass is 360 g/mol. The molecule has 0 bridgehead atoms. The predicted octanol–water partition coefficient (Wildman–Crippen LogP) is 2.97. The first kappa shape index (κ1) is 19.0. The van der Waals surface area contributed by atoms with E-state index < -0.39 is 35.1 Å². The number of aliphatic hydroxyl groups is 1. The Morgan fingerprint density at radius 1 is 1.28 bits per heavy atom. The Morgan fingerprint density at radius 3 is 2.40 bits per heavy atom. The van der Waals surface area contributed by atoms with E-state index in [1.54, 1.807) is 0 Å². The predicted molar refractivity (Wildman–Crippen MR) is 82.6 cm³/mol. The van der Waals surface area contributed by atoms with Crippen molar-refractivity contribution in [2.45, 2.75) is 44.7 Å². The van der Waals surface area contributed by atoms with Gasteiger partial charge in [0.15, 0.2) is 11.3 Å². The highest BCUT2D eigenvalue weighted by Gasteiger charge is 2.56. The lowest BCUT2D eigenvalue weighted by molar-refractivity contribution is -0.137. The van der Waals surface area contributed by atoms with Crippen LogP contribution in [0.1, 0.15) is 32.8 Å². The number of hydrogen-bond acceptors (Lipinski definition) is 4. The molecule has 0 unspecified atom stereocenters. The zero-order chi connectivity index (χ0) is 19.0. The molecule has 1 fully saturated rings. The highest BCUT2D eigenvalue weighted by molar-refractivity contribution is 5.92. The Morgan fingerprint density at radius 2 is 1.88 bits per heavy atom. The first-order chi connectivity index (χ1) is 11.4. The van der Waals surface area contributed by atoms with Gasteiger partial charge >= 0.3 is 12.3 Å². The molecular weight excluding hydrogens is 341 g/mol. The minimum Gasteiger partial charge on any atom is -0.438 e. The molecule has 1 aromatic carbocycles. The van der Waals surface area contributed by atoms with Gasteiger partial charge in [-0.3, -0.25) is 9.69 Å². The van der Waals surface area contributed by atoms with Crippen molar-refractivity contribution >= 4 is 17.7 Å². The van der Waals surface area contributed by atoms with Gasteiger partial charge in [-0.15, -0.1) is 0 Å². The van der Waals surface area contributed by atoms with E-state index in [-0.39, 0.29) is 18.7 Å². The van der Waals surface area contributed by atoms with Crippen molar-refractivity contribution in [2.24, 2.45) is 0 Å². The van der Waals surface area contributed by atoms with Crippen LogP contribution in [0.3, 0.4) is 0 Å². The average molecular weight is 360 g/mol. The number of hydrogen-bond donors (Lipinski definition) is 2. The van der Waals surface area contributed by atoms with E-state index >= 15 is 0 Å². The Balaban J connectivity index is 2.05. The molecule has 0 aromatic heterocycles. The largest absolute Gasteiger partial charge is 0.438 e. The lowest BCUT2D eigenvalue weighted by atomic mass is 9.96. The zero-order valence-electron chi connectivity index (χ0n) is 14.0. The summed E-state index contributed by atoms with van der Waals surface area (Å²) < 4.78 is 43.8. The molecule has 1 aliphatic heterocycles. The maximum Gasteiger partial charge on any atom is 0.418 e. The summed E-state index contributed by atoms with van der Waals surface area (Å²) in [6, 6.07) is 4.60. The van der Waals surface area contributed by atoms with Gasteiger partial charge in [-0.05, 0) is 32.9 Å².